The Morgan fingerprint density at radius 3 is 2.63 bits per heavy atom. The van der Waals surface area contributed by atoms with E-state index in [4.69, 9.17) is 16.3 Å². The molecule has 1 aliphatic heterocycles. The van der Waals surface area contributed by atoms with E-state index in [-0.39, 0.29) is 18.2 Å². The van der Waals surface area contributed by atoms with Gasteiger partial charge in [0.25, 0.3) is 5.91 Å². The lowest BCUT2D eigenvalue weighted by Gasteiger charge is -2.31. The number of aryl methyl sites for hydroxylation is 1. The molecule has 0 radical (unpaired) electrons. The van der Waals surface area contributed by atoms with Crippen LogP contribution in [0.25, 0.3) is 11.1 Å². The number of hydrogen-bond acceptors (Lipinski definition) is 5. The van der Waals surface area contributed by atoms with Crippen LogP contribution in [0.4, 0.5) is 5.69 Å². The number of amides is 2. The van der Waals surface area contributed by atoms with Gasteiger partial charge in [0.15, 0.2) is 0 Å². The fourth-order valence-electron chi connectivity index (χ4n) is 6.55. The minimum atomic E-state index is -1.03. The Morgan fingerprint density at radius 1 is 1.00 bits per heavy atom. The highest BCUT2D eigenvalue weighted by Gasteiger charge is 2.25. The van der Waals surface area contributed by atoms with E-state index in [9.17, 15) is 19.5 Å². The fourth-order valence-corrected chi connectivity index (χ4v) is 6.75. The molecule has 0 spiro atoms. The Hall–Kier alpha value is -5.41. The number of fused-ring (bicyclic) bond motifs is 1. The van der Waals surface area contributed by atoms with Crippen LogP contribution < -0.4 is 15.0 Å². The molecule has 0 saturated carbocycles. The van der Waals surface area contributed by atoms with Gasteiger partial charge >= 0.3 is 5.97 Å². The Balaban J connectivity index is 1.11. The summed E-state index contributed by atoms with van der Waals surface area (Å²) in [5, 5.41) is 17.4. The highest BCUT2D eigenvalue weighted by molar-refractivity contribution is 6.30. The number of carboxylic acid groups (broad SMARTS) is 1. The first-order valence-corrected chi connectivity index (χ1v) is 17.5. The maximum Gasteiger partial charge on any atom is 0.305 e. The topological polar surface area (TPSA) is 114 Å². The standard InChI is InChI=1S/C41H41ClN4O5/c1-27-9-3-17-38(28(27)2)51-20-8-18-39(47)46-19-7-15-35-34(14-6-16-37(35)46)32-24-43-45(26-32)25-29-10-4-12-31(21-29)41(50)44-36(23-40(48)49)30-11-5-13-33(42)22-30/h3-6,9-14,16-17,21-22,24,26,36H,7-8,15,18-20,23,25H2,1-2H3,(H,44,50)(H,48,49). The molecule has 0 saturated heterocycles. The Labute approximate surface area is 302 Å². The van der Waals surface area contributed by atoms with Gasteiger partial charge in [-0.15, -0.1) is 0 Å². The van der Waals surface area contributed by atoms with Crippen LogP contribution >= 0.6 is 11.6 Å². The molecule has 0 bridgehead atoms. The molecule has 0 aliphatic carbocycles. The third-order valence-corrected chi connectivity index (χ3v) is 9.55. The second-order valence-electron chi connectivity index (χ2n) is 12.9. The number of nitrogens with one attached hydrogen (secondary N) is 1. The molecule has 9 nitrogen and oxygen atoms in total. The highest BCUT2D eigenvalue weighted by Crippen LogP contribution is 2.36. The van der Waals surface area contributed by atoms with Gasteiger partial charge in [0.1, 0.15) is 5.75 Å². The number of anilines is 1. The minimum Gasteiger partial charge on any atom is -0.493 e. The third kappa shape index (κ3) is 8.67. The first-order valence-electron chi connectivity index (χ1n) is 17.2. The van der Waals surface area contributed by atoms with Gasteiger partial charge in [0, 0.05) is 41.0 Å². The molecule has 5 aromatic rings. The first-order chi connectivity index (χ1) is 24.7. The molecule has 2 amide bonds. The molecule has 1 unspecified atom stereocenters. The summed E-state index contributed by atoms with van der Waals surface area (Å²) in [7, 11) is 0. The lowest BCUT2D eigenvalue weighted by atomic mass is 9.93. The Bertz CT molecular complexity index is 2060. The number of carboxylic acids is 1. The van der Waals surface area contributed by atoms with Crippen LogP contribution in [0.2, 0.25) is 5.02 Å². The molecule has 10 heteroatoms. The van der Waals surface area contributed by atoms with E-state index < -0.39 is 12.0 Å². The van der Waals surface area contributed by atoms with Crippen LogP contribution in [-0.2, 0) is 22.6 Å². The van der Waals surface area contributed by atoms with Crippen molar-refractivity contribution in [2.45, 2.75) is 58.5 Å². The molecular formula is C41H41ClN4O5. The highest BCUT2D eigenvalue weighted by atomic mass is 35.5. The number of benzene rings is 4. The number of hydrogen-bond donors (Lipinski definition) is 2. The van der Waals surface area contributed by atoms with Crippen LogP contribution in [0.1, 0.15) is 69.9 Å². The number of nitrogens with zero attached hydrogens (tertiary/aromatic N) is 3. The Kier molecular flexibility index (Phi) is 11.2. The van der Waals surface area contributed by atoms with Crippen molar-refractivity contribution in [1.82, 2.24) is 15.1 Å². The van der Waals surface area contributed by atoms with E-state index in [1.165, 1.54) is 5.56 Å². The van der Waals surface area contributed by atoms with Gasteiger partial charge in [-0.05, 0) is 103 Å². The molecule has 0 fully saturated rings. The lowest BCUT2D eigenvalue weighted by Crippen LogP contribution is -2.35. The number of halogens is 1. The molecule has 1 aliphatic rings. The van der Waals surface area contributed by atoms with Crippen LogP contribution in [-0.4, -0.2) is 45.8 Å². The van der Waals surface area contributed by atoms with Crippen LogP contribution in [0.5, 0.6) is 5.75 Å². The SMILES string of the molecule is Cc1cccc(OCCCC(=O)N2CCCc3c(-c4cnn(Cc5cccc(C(=O)NC(CC(=O)O)c6cccc(Cl)c6)c5)c4)cccc32)c1C. The van der Waals surface area contributed by atoms with Crippen molar-refractivity contribution in [3.63, 3.8) is 0 Å². The first kappa shape index (κ1) is 35.4. The molecule has 2 heterocycles. The number of rotatable bonds is 13. The summed E-state index contributed by atoms with van der Waals surface area (Å²) in [6.45, 7) is 5.71. The van der Waals surface area contributed by atoms with Crippen molar-refractivity contribution in [2.24, 2.45) is 0 Å². The van der Waals surface area contributed by atoms with E-state index in [0.29, 0.717) is 48.7 Å². The normalized spacial score (nSPS) is 13.0. The van der Waals surface area contributed by atoms with Crippen molar-refractivity contribution in [3.8, 4) is 16.9 Å². The zero-order chi connectivity index (χ0) is 35.9. The quantitative estimate of drug-likeness (QED) is 0.120. The van der Waals surface area contributed by atoms with E-state index in [0.717, 1.165) is 52.1 Å². The summed E-state index contributed by atoms with van der Waals surface area (Å²) in [6.07, 6.45) is 6.32. The number of aromatic nitrogens is 2. The summed E-state index contributed by atoms with van der Waals surface area (Å²) in [6, 6.07) is 25.4. The van der Waals surface area contributed by atoms with Gasteiger partial charge in [0.2, 0.25) is 5.91 Å². The molecule has 262 valence electrons. The molecule has 6 rings (SSSR count). The number of carbonyl (C=O) groups is 3. The maximum absolute atomic E-state index is 13.4. The second-order valence-corrected chi connectivity index (χ2v) is 13.3. The minimum absolute atomic E-state index is 0.0964. The van der Waals surface area contributed by atoms with Crippen molar-refractivity contribution >= 4 is 35.1 Å². The van der Waals surface area contributed by atoms with Gasteiger partial charge in [-0.1, -0.05) is 60.1 Å². The molecule has 2 N–H and O–H groups in total. The van der Waals surface area contributed by atoms with Crippen molar-refractivity contribution in [2.75, 3.05) is 18.1 Å². The summed E-state index contributed by atoms with van der Waals surface area (Å²) in [5.41, 5.74) is 8.29. The number of carbonyl (C=O) groups excluding carboxylic acids is 2. The molecular weight excluding hydrogens is 664 g/mol. The van der Waals surface area contributed by atoms with Gasteiger partial charge in [-0.2, -0.15) is 5.10 Å². The average molecular weight is 705 g/mol. The van der Waals surface area contributed by atoms with Crippen molar-refractivity contribution < 1.29 is 24.2 Å². The average Bonchev–Trinajstić information content (AvgIpc) is 3.59. The smallest absolute Gasteiger partial charge is 0.305 e. The van der Waals surface area contributed by atoms with Crippen molar-refractivity contribution in [1.29, 1.82) is 0 Å². The predicted octanol–water partition coefficient (Wildman–Crippen LogP) is 7.95. The monoisotopic (exact) mass is 704 g/mol. The lowest BCUT2D eigenvalue weighted by molar-refractivity contribution is -0.137. The Morgan fingerprint density at radius 2 is 1.80 bits per heavy atom. The van der Waals surface area contributed by atoms with Crippen LogP contribution in [0.15, 0.2) is 97.3 Å². The van der Waals surface area contributed by atoms with Crippen LogP contribution in [0, 0.1) is 13.8 Å². The third-order valence-electron chi connectivity index (χ3n) is 9.31. The zero-order valence-electron chi connectivity index (χ0n) is 28.8. The van der Waals surface area contributed by atoms with E-state index in [1.54, 1.807) is 42.5 Å². The van der Waals surface area contributed by atoms with Crippen LogP contribution in [0.3, 0.4) is 0 Å². The zero-order valence-corrected chi connectivity index (χ0v) is 29.5. The van der Waals surface area contributed by atoms with E-state index in [2.05, 4.69) is 29.5 Å². The number of ether oxygens (including phenoxy) is 1. The summed E-state index contributed by atoms with van der Waals surface area (Å²) in [5.74, 6) is -0.449. The second kappa shape index (κ2) is 16.1. The molecule has 4 aromatic carbocycles. The van der Waals surface area contributed by atoms with Gasteiger partial charge in [0.05, 0.1) is 31.8 Å². The van der Waals surface area contributed by atoms with E-state index >= 15 is 0 Å². The molecule has 1 atom stereocenters. The maximum atomic E-state index is 13.4. The number of aliphatic carboxylic acids is 1. The summed E-state index contributed by atoms with van der Waals surface area (Å²) < 4.78 is 7.82. The largest absolute Gasteiger partial charge is 0.493 e. The summed E-state index contributed by atoms with van der Waals surface area (Å²) in [4.78, 5) is 40.1. The molecule has 51 heavy (non-hydrogen) atoms. The fraction of sp³-hybridized carbons (Fsp3) is 0.268. The summed E-state index contributed by atoms with van der Waals surface area (Å²) >= 11 is 6.13. The predicted molar refractivity (Wildman–Crippen MR) is 198 cm³/mol. The van der Waals surface area contributed by atoms with Gasteiger partial charge in [-0.25, -0.2) is 0 Å². The van der Waals surface area contributed by atoms with Crippen molar-refractivity contribution in [3.05, 3.63) is 136 Å². The molecule has 1 aromatic heterocycles. The van der Waals surface area contributed by atoms with Gasteiger partial charge < -0.3 is 20.1 Å². The van der Waals surface area contributed by atoms with Gasteiger partial charge in [-0.3, -0.25) is 19.1 Å². The van der Waals surface area contributed by atoms with E-state index in [1.807, 2.05) is 59.2 Å².